The third kappa shape index (κ3) is 3.91. The monoisotopic (exact) mass is 500 g/mol. The summed E-state index contributed by atoms with van der Waals surface area (Å²) >= 11 is 0. The highest BCUT2D eigenvalue weighted by molar-refractivity contribution is 5.96. The molecule has 0 amide bonds. The highest BCUT2D eigenvalue weighted by atomic mass is 19.4. The topological polar surface area (TPSA) is 132 Å². The van der Waals surface area contributed by atoms with Crippen molar-refractivity contribution in [3.63, 3.8) is 0 Å². The number of hydrogen-bond donors (Lipinski definition) is 2. The molecule has 1 aromatic carbocycles. The molecule has 0 aliphatic heterocycles. The Bertz CT molecular complexity index is 1540. The van der Waals surface area contributed by atoms with E-state index in [2.05, 4.69) is 15.0 Å². The molecule has 0 fully saturated rings. The number of aromatic nitrogens is 4. The van der Waals surface area contributed by atoms with E-state index in [1.165, 1.54) is 37.7 Å². The fraction of sp³-hybridized carbons (Fsp3) is 0.333. The lowest BCUT2D eigenvalue weighted by atomic mass is 9.85. The minimum Gasteiger partial charge on any atom is -0.496 e. The largest absolute Gasteiger partial charge is 0.496 e. The van der Waals surface area contributed by atoms with Gasteiger partial charge in [-0.15, -0.1) is 0 Å². The number of fused-ring (bicyclic) bond motifs is 2. The fourth-order valence-corrected chi connectivity index (χ4v) is 4.07. The molecule has 3 aromatic heterocycles. The van der Waals surface area contributed by atoms with Crippen LogP contribution in [0.2, 0.25) is 0 Å². The van der Waals surface area contributed by atoms with Crippen LogP contribution in [0.1, 0.15) is 43.3 Å². The number of halogens is 3. The highest BCUT2D eigenvalue weighted by Gasteiger charge is 2.59. The second-order valence-electron chi connectivity index (χ2n) is 9.29. The number of nitrogens with two attached hydrogens (primary N) is 1. The number of ether oxygens (including phenoxy) is 2. The molecule has 0 saturated heterocycles. The van der Waals surface area contributed by atoms with Crippen LogP contribution in [-0.4, -0.2) is 44.5 Å². The zero-order chi connectivity index (χ0) is 26.6. The van der Waals surface area contributed by atoms with Gasteiger partial charge in [0.15, 0.2) is 5.65 Å². The number of rotatable bonds is 3. The molecule has 188 valence electrons. The molecule has 12 heteroatoms. The first-order valence-corrected chi connectivity index (χ1v) is 10.8. The van der Waals surface area contributed by atoms with E-state index in [1.54, 1.807) is 27.7 Å². The molecule has 0 aliphatic rings. The molecular formula is C24H23F3N6O3. The Morgan fingerprint density at radius 2 is 1.94 bits per heavy atom. The second kappa shape index (κ2) is 8.23. The number of H-pyrrole nitrogens is 1. The summed E-state index contributed by atoms with van der Waals surface area (Å²) < 4.78 is 56.5. The molecule has 0 spiro atoms. The van der Waals surface area contributed by atoms with Crippen molar-refractivity contribution in [3.05, 3.63) is 53.1 Å². The summed E-state index contributed by atoms with van der Waals surface area (Å²) in [4.78, 5) is 23.4. The second-order valence-corrected chi connectivity index (χ2v) is 9.29. The van der Waals surface area contributed by atoms with Gasteiger partial charge >= 0.3 is 12.3 Å². The van der Waals surface area contributed by atoms with Gasteiger partial charge in [-0.2, -0.15) is 18.4 Å². The molecule has 9 nitrogen and oxygen atoms in total. The number of benzene rings is 1. The van der Waals surface area contributed by atoms with Crippen LogP contribution in [0.5, 0.6) is 5.75 Å². The Hall–Kier alpha value is -4.11. The minimum atomic E-state index is -5.07. The number of aryl methyl sites for hydroxylation is 1. The van der Waals surface area contributed by atoms with Crippen molar-refractivity contribution in [2.75, 3.05) is 7.11 Å². The number of nitriles is 1. The fourth-order valence-electron chi connectivity index (χ4n) is 4.07. The van der Waals surface area contributed by atoms with Gasteiger partial charge in [-0.05, 0) is 51.5 Å². The molecule has 1 atom stereocenters. The number of imidazole rings is 1. The lowest BCUT2D eigenvalue weighted by Crippen LogP contribution is -2.52. The van der Waals surface area contributed by atoms with Crippen LogP contribution in [0, 0.1) is 18.3 Å². The average molecular weight is 500 g/mol. The normalized spacial score (nSPS) is 14.0. The maximum Gasteiger partial charge on any atom is 0.419 e. The van der Waals surface area contributed by atoms with Gasteiger partial charge in [-0.1, -0.05) is 0 Å². The first-order chi connectivity index (χ1) is 16.7. The number of carbonyl (C=O) groups excluding carboxylic acids is 1. The maximum absolute atomic E-state index is 14.9. The molecule has 1 unspecified atom stereocenters. The number of aromatic amines is 1. The summed E-state index contributed by atoms with van der Waals surface area (Å²) in [6, 6.07) is 5.91. The summed E-state index contributed by atoms with van der Waals surface area (Å²) in [6.07, 6.45) is -3.29. The van der Waals surface area contributed by atoms with Crippen LogP contribution >= 0.6 is 0 Å². The van der Waals surface area contributed by atoms with E-state index in [0.717, 1.165) is 4.57 Å². The van der Waals surface area contributed by atoms with Crippen LogP contribution < -0.4 is 10.5 Å². The highest BCUT2D eigenvalue weighted by Crippen LogP contribution is 2.48. The van der Waals surface area contributed by atoms with Crippen molar-refractivity contribution < 1.29 is 27.4 Å². The van der Waals surface area contributed by atoms with Gasteiger partial charge in [0.1, 0.15) is 28.8 Å². The van der Waals surface area contributed by atoms with Crippen LogP contribution in [0.3, 0.4) is 0 Å². The Morgan fingerprint density at radius 3 is 2.53 bits per heavy atom. The molecule has 4 aromatic rings. The van der Waals surface area contributed by atoms with Crippen molar-refractivity contribution >= 4 is 28.2 Å². The molecule has 0 bridgehead atoms. The smallest absolute Gasteiger partial charge is 0.419 e. The molecule has 36 heavy (non-hydrogen) atoms. The molecule has 4 rings (SSSR count). The predicted octanol–water partition coefficient (Wildman–Crippen LogP) is 4.65. The number of methoxy groups -OCH3 is 1. The molecular weight excluding hydrogens is 477 g/mol. The third-order valence-electron chi connectivity index (χ3n) is 5.61. The quantitative estimate of drug-likeness (QED) is 0.419. The summed E-state index contributed by atoms with van der Waals surface area (Å²) in [5, 5.41) is 9.14. The van der Waals surface area contributed by atoms with Crippen molar-refractivity contribution in [3.8, 4) is 11.8 Å². The van der Waals surface area contributed by atoms with Gasteiger partial charge in [0, 0.05) is 23.3 Å². The first kappa shape index (κ1) is 25.0. The van der Waals surface area contributed by atoms with Gasteiger partial charge in [-0.3, -0.25) is 4.57 Å². The Morgan fingerprint density at radius 1 is 1.25 bits per heavy atom. The lowest BCUT2D eigenvalue weighted by Gasteiger charge is -2.32. The number of nitrogens with one attached hydrogen (secondary N) is 1. The van der Waals surface area contributed by atoms with Crippen LogP contribution in [0.4, 0.5) is 18.0 Å². The van der Waals surface area contributed by atoms with Gasteiger partial charge in [0.2, 0.25) is 5.54 Å². The Kier molecular flexibility index (Phi) is 5.72. The van der Waals surface area contributed by atoms with Crippen LogP contribution in [0.15, 0.2) is 30.6 Å². The molecule has 0 saturated carbocycles. The Balaban J connectivity index is 2.05. The van der Waals surface area contributed by atoms with Gasteiger partial charge in [-0.25, -0.2) is 14.8 Å². The lowest BCUT2D eigenvalue weighted by molar-refractivity contribution is -0.178. The Labute approximate surface area is 203 Å². The summed E-state index contributed by atoms with van der Waals surface area (Å²) in [5.74, 6) is -0.797. The first-order valence-electron chi connectivity index (χ1n) is 10.8. The summed E-state index contributed by atoms with van der Waals surface area (Å²) in [5.41, 5.74) is 2.58. The van der Waals surface area contributed by atoms with E-state index in [0.29, 0.717) is 5.56 Å². The van der Waals surface area contributed by atoms with Gasteiger partial charge in [0.05, 0.1) is 18.2 Å². The molecule has 0 aliphatic carbocycles. The van der Waals surface area contributed by atoms with Crippen molar-refractivity contribution in [1.29, 1.82) is 5.26 Å². The maximum atomic E-state index is 14.9. The number of nitrogens with zero attached hydrogens (tertiary/aromatic N) is 4. The predicted molar refractivity (Wildman–Crippen MR) is 124 cm³/mol. The number of hydrogen-bond acceptors (Lipinski definition) is 7. The number of pyridine rings is 1. The van der Waals surface area contributed by atoms with Crippen molar-refractivity contribution in [1.82, 2.24) is 19.5 Å². The zero-order valence-electron chi connectivity index (χ0n) is 20.1. The van der Waals surface area contributed by atoms with Crippen molar-refractivity contribution in [2.45, 2.75) is 45.0 Å². The summed E-state index contributed by atoms with van der Waals surface area (Å²) in [7, 11) is 1.23. The van der Waals surface area contributed by atoms with E-state index in [-0.39, 0.29) is 33.4 Å². The molecule has 3 heterocycles. The van der Waals surface area contributed by atoms with Crippen LogP contribution in [0.25, 0.3) is 22.1 Å². The van der Waals surface area contributed by atoms with E-state index in [9.17, 15) is 18.0 Å². The van der Waals surface area contributed by atoms with Crippen LogP contribution in [-0.2, 0) is 10.3 Å². The van der Waals surface area contributed by atoms with Gasteiger partial charge < -0.3 is 20.2 Å². The zero-order valence-corrected chi connectivity index (χ0v) is 20.1. The number of alkyl halides is 3. The van der Waals surface area contributed by atoms with E-state index >= 15 is 0 Å². The minimum absolute atomic E-state index is 0.0247. The average Bonchev–Trinajstić information content (AvgIpc) is 3.41. The van der Waals surface area contributed by atoms with Crippen molar-refractivity contribution in [2.24, 2.45) is 5.73 Å². The van der Waals surface area contributed by atoms with E-state index in [1.807, 2.05) is 6.07 Å². The molecule has 0 radical (unpaired) electrons. The van der Waals surface area contributed by atoms with E-state index in [4.69, 9.17) is 20.5 Å². The number of carbonyl (C=O) groups is 1. The standard InChI is InChI=1S/C24H23F3N6O3/c1-12-8-16(35-5)17(14-6-7-33(18(12)14)21(34)36-22(2,3)4)23(29,24(25,26)27)20-31-15-9-13(10-28)11-30-19(15)32-20/h6-9,11H,29H2,1-5H3,(H,30,31,32). The third-order valence-corrected chi connectivity index (χ3v) is 5.61. The SMILES string of the molecule is COc1cc(C)c2c(ccn2C(=O)OC(C)(C)C)c1C(N)(c1nc2cc(C#N)cnc2[nH]1)C(F)(F)F. The van der Waals surface area contributed by atoms with Gasteiger partial charge in [0.25, 0.3) is 0 Å². The molecule has 3 N–H and O–H groups in total. The summed E-state index contributed by atoms with van der Waals surface area (Å²) in [6.45, 7) is 6.68. The van der Waals surface area contributed by atoms with E-state index < -0.39 is 34.8 Å².